The molecular formula is C9H6ClNO3. The Morgan fingerprint density at radius 3 is 3.00 bits per heavy atom. The number of methoxy groups -OCH3 is 1. The van der Waals surface area contributed by atoms with E-state index in [1.165, 1.54) is 7.11 Å². The van der Waals surface area contributed by atoms with Gasteiger partial charge in [-0.25, -0.2) is 9.78 Å². The van der Waals surface area contributed by atoms with E-state index < -0.39 is 5.97 Å². The molecular weight excluding hydrogens is 206 g/mol. The van der Waals surface area contributed by atoms with Crippen LogP contribution >= 0.6 is 11.6 Å². The zero-order chi connectivity index (χ0) is 10.1. The zero-order valence-electron chi connectivity index (χ0n) is 7.28. The molecule has 5 heteroatoms. The first-order chi connectivity index (χ1) is 6.72. The smallest absolute Gasteiger partial charge is 0.394 e. The van der Waals surface area contributed by atoms with Crippen molar-refractivity contribution in [3.8, 4) is 0 Å². The molecule has 1 aromatic carbocycles. The van der Waals surface area contributed by atoms with E-state index in [2.05, 4.69) is 9.72 Å². The van der Waals surface area contributed by atoms with Gasteiger partial charge in [-0.15, -0.1) is 0 Å². The summed E-state index contributed by atoms with van der Waals surface area (Å²) in [5.74, 6) is -0.701. The molecule has 4 nitrogen and oxygen atoms in total. The lowest BCUT2D eigenvalue weighted by Gasteiger charge is -1.89. The summed E-state index contributed by atoms with van der Waals surface area (Å²) in [6, 6.07) is 5.10. The summed E-state index contributed by atoms with van der Waals surface area (Å²) in [5, 5.41) is 0.421. The highest BCUT2D eigenvalue weighted by Gasteiger charge is 2.15. The van der Waals surface area contributed by atoms with Gasteiger partial charge >= 0.3 is 11.9 Å². The number of fused-ring (bicyclic) bond motifs is 1. The molecule has 72 valence electrons. The standard InChI is InChI=1S/C9H6ClNO3/c1-13-9(12)8-11-6-4-2-3-5(10)7(6)14-8/h2-4H,1H3. The van der Waals surface area contributed by atoms with E-state index in [9.17, 15) is 4.79 Å². The number of nitrogens with zero attached hydrogens (tertiary/aromatic N) is 1. The van der Waals surface area contributed by atoms with Gasteiger partial charge in [0.2, 0.25) is 0 Å². The molecule has 0 bridgehead atoms. The number of rotatable bonds is 1. The second kappa shape index (κ2) is 3.31. The summed E-state index contributed by atoms with van der Waals surface area (Å²) in [7, 11) is 1.26. The van der Waals surface area contributed by atoms with Crippen LogP contribution in [-0.4, -0.2) is 18.1 Å². The molecule has 2 rings (SSSR count). The van der Waals surface area contributed by atoms with Crippen LogP contribution in [0.25, 0.3) is 11.1 Å². The molecule has 0 aliphatic carbocycles. The SMILES string of the molecule is COC(=O)c1nc2cccc(Cl)c2o1. The maximum atomic E-state index is 11.1. The topological polar surface area (TPSA) is 52.3 Å². The van der Waals surface area contributed by atoms with Crippen molar-refractivity contribution < 1.29 is 13.9 Å². The summed E-state index contributed by atoms with van der Waals surface area (Å²) in [4.78, 5) is 15.0. The molecule has 0 unspecified atom stereocenters. The molecule has 0 spiro atoms. The maximum Gasteiger partial charge on any atom is 0.394 e. The van der Waals surface area contributed by atoms with Crippen LogP contribution in [0.3, 0.4) is 0 Å². The lowest BCUT2D eigenvalue weighted by Crippen LogP contribution is -2.00. The van der Waals surface area contributed by atoms with E-state index in [-0.39, 0.29) is 5.89 Å². The lowest BCUT2D eigenvalue weighted by atomic mass is 10.3. The number of aromatic nitrogens is 1. The fourth-order valence-electron chi connectivity index (χ4n) is 1.09. The van der Waals surface area contributed by atoms with E-state index >= 15 is 0 Å². The average molecular weight is 212 g/mol. The Morgan fingerprint density at radius 1 is 1.57 bits per heavy atom. The number of esters is 1. The highest BCUT2D eigenvalue weighted by atomic mass is 35.5. The van der Waals surface area contributed by atoms with Crippen LogP contribution < -0.4 is 0 Å². The van der Waals surface area contributed by atoms with Crippen molar-refractivity contribution in [2.24, 2.45) is 0 Å². The zero-order valence-corrected chi connectivity index (χ0v) is 8.04. The van der Waals surface area contributed by atoms with E-state index in [1.807, 2.05) is 0 Å². The van der Waals surface area contributed by atoms with E-state index in [0.717, 1.165) is 0 Å². The predicted octanol–water partition coefficient (Wildman–Crippen LogP) is 2.27. The molecule has 0 aliphatic heterocycles. The van der Waals surface area contributed by atoms with Crippen molar-refractivity contribution >= 4 is 28.7 Å². The number of para-hydroxylation sites is 1. The molecule has 0 fully saturated rings. The summed E-state index contributed by atoms with van der Waals surface area (Å²) >= 11 is 5.83. The van der Waals surface area contributed by atoms with Crippen LogP contribution in [0.15, 0.2) is 22.6 Å². The van der Waals surface area contributed by atoms with Gasteiger partial charge in [-0.1, -0.05) is 17.7 Å². The number of carbonyl (C=O) groups excluding carboxylic acids is 1. The minimum atomic E-state index is -0.614. The van der Waals surface area contributed by atoms with Crippen molar-refractivity contribution in [3.05, 3.63) is 29.1 Å². The van der Waals surface area contributed by atoms with Gasteiger partial charge in [0.05, 0.1) is 12.1 Å². The van der Waals surface area contributed by atoms with Crippen molar-refractivity contribution in [2.75, 3.05) is 7.11 Å². The Bertz CT molecular complexity index is 492. The fraction of sp³-hybridized carbons (Fsp3) is 0.111. The highest BCUT2D eigenvalue weighted by Crippen LogP contribution is 2.23. The number of hydrogen-bond donors (Lipinski definition) is 0. The Balaban J connectivity index is 2.62. The van der Waals surface area contributed by atoms with Crippen LogP contribution in [0.5, 0.6) is 0 Å². The van der Waals surface area contributed by atoms with Gasteiger partial charge in [-0.2, -0.15) is 0 Å². The second-order valence-corrected chi connectivity index (χ2v) is 3.01. The van der Waals surface area contributed by atoms with Crippen LogP contribution in [0.1, 0.15) is 10.7 Å². The van der Waals surface area contributed by atoms with Gasteiger partial charge < -0.3 is 9.15 Å². The molecule has 0 amide bonds. The monoisotopic (exact) mass is 211 g/mol. The summed E-state index contributed by atoms with van der Waals surface area (Å²) < 4.78 is 9.60. The number of oxazole rings is 1. The summed E-state index contributed by atoms with van der Waals surface area (Å²) in [6.45, 7) is 0. The minimum Gasteiger partial charge on any atom is -0.462 e. The molecule has 0 saturated carbocycles. The number of hydrogen-bond acceptors (Lipinski definition) is 4. The van der Waals surface area contributed by atoms with Gasteiger partial charge in [-0.05, 0) is 12.1 Å². The van der Waals surface area contributed by atoms with Crippen LogP contribution in [-0.2, 0) is 4.74 Å². The molecule has 0 saturated heterocycles. The van der Waals surface area contributed by atoms with Crippen molar-refractivity contribution in [1.29, 1.82) is 0 Å². The van der Waals surface area contributed by atoms with Gasteiger partial charge in [0.1, 0.15) is 5.52 Å². The molecule has 1 heterocycles. The molecule has 0 N–H and O–H groups in total. The number of carbonyl (C=O) groups is 1. The molecule has 0 radical (unpaired) electrons. The quantitative estimate of drug-likeness (QED) is 0.679. The third-order valence-electron chi connectivity index (χ3n) is 1.73. The Hall–Kier alpha value is -1.55. The number of benzene rings is 1. The second-order valence-electron chi connectivity index (χ2n) is 2.60. The maximum absolute atomic E-state index is 11.1. The average Bonchev–Trinajstić information content (AvgIpc) is 2.62. The van der Waals surface area contributed by atoms with Crippen LogP contribution in [0.2, 0.25) is 5.02 Å². The Kier molecular flexibility index (Phi) is 2.13. The molecule has 14 heavy (non-hydrogen) atoms. The third kappa shape index (κ3) is 1.33. The first kappa shape index (κ1) is 9.02. The molecule has 0 atom stereocenters. The first-order valence-corrected chi connectivity index (χ1v) is 4.23. The van der Waals surface area contributed by atoms with Gasteiger partial charge in [0, 0.05) is 0 Å². The van der Waals surface area contributed by atoms with Gasteiger partial charge in [0.15, 0.2) is 5.58 Å². The molecule has 0 aliphatic rings. The van der Waals surface area contributed by atoms with Crippen LogP contribution in [0.4, 0.5) is 0 Å². The van der Waals surface area contributed by atoms with Crippen molar-refractivity contribution in [2.45, 2.75) is 0 Å². The fourth-order valence-corrected chi connectivity index (χ4v) is 1.30. The predicted molar refractivity (Wildman–Crippen MR) is 50.4 cm³/mol. The normalized spacial score (nSPS) is 10.4. The Labute approximate surface area is 84.4 Å². The van der Waals surface area contributed by atoms with Gasteiger partial charge in [0.25, 0.3) is 0 Å². The first-order valence-electron chi connectivity index (χ1n) is 3.85. The van der Waals surface area contributed by atoms with E-state index in [0.29, 0.717) is 16.1 Å². The number of halogens is 1. The minimum absolute atomic E-state index is 0.0874. The van der Waals surface area contributed by atoms with Gasteiger partial charge in [-0.3, -0.25) is 0 Å². The highest BCUT2D eigenvalue weighted by molar-refractivity contribution is 6.34. The molecule has 2 aromatic rings. The van der Waals surface area contributed by atoms with Crippen molar-refractivity contribution in [1.82, 2.24) is 4.98 Å². The molecule has 1 aromatic heterocycles. The number of ether oxygens (including phenoxy) is 1. The largest absolute Gasteiger partial charge is 0.462 e. The van der Waals surface area contributed by atoms with Crippen LogP contribution in [0, 0.1) is 0 Å². The third-order valence-corrected chi connectivity index (χ3v) is 2.02. The Morgan fingerprint density at radius 2 is 2.36 bits per heavy atom. The van der Waals surface area contributed by atoms with Crippen molar-refractivity contribution in [3.63, 3.8) is 0 Å². The van der Waals surface area contributed by atoms with E-state index in [4.69, 9.17) is 16.0 Å². The summed E-state index contributed by atoms with van der Waals surface area (Å²) in [5.41, 5.74) is 0.937. The summed E-state index contributed by atoms with van der Waals surface area (Å²) in [6.07, 6.45) is 0. The van der Waals surface area contributed by atoms with E-state index in [1.54, 1.807) is 18.2 Å². The lowest BCUT2D eigenvalue weighted by molar-refractivity contribution is 0.0559.